The van der Waals surface area contributed by atoms with E-state index in [0.29, 0.717) is 23.5 Å². The van der Waals surface area contributed by atoms with Crippen molar-refractivity contribution in [2.75, 3.05) is 30.9 Å². The zero-order valence-electron chi connectivity index (χ0n) is 27.1. The maximum Gasteiger partial charge on any atom is 0.252 e. The third-order valence-corrected chi connectivity index (χ3v) is 9.22. The van der Waals surface area contributed by atoms with E-state index < -0.39 is 30.3 Å². The second-order valence-corrected chi connectivity index (χ2v) is 13.3. The first-order chi connectivity index (χ1) is 22.8. The van der Waals surface area contributed by atoms with E-state index in [4.69, 9.17) is 14.2 Å². The fraction of sp³-hybridized carbons (Fsp3) is 0.429. The molecule has 1 amide bonds. The average Bonchev–Trinajstić information content (AvgIpc) is 3.34. The molecule has 12 heteroatoms. The summed E-state index contributed by atoms with van der Waals surface area (Å²) >= 11 is 0. The van der Waals surface area contributed by atoms with Crippen molar-refractivity contribution in [3.8, 4) is 0 Å². The van der Waals surface area contributed by atoms with Crippen molar-refractivity contribution < 1.29 is 19.0 Å². The van der Waals surface area contributed by atoms with Crippen molar-refractivity contribution in [3.05, 3.63) is 78.5 Å². The van der Waals surface area contributed by atoms with E-state index in [2.05, 4.69) is 104 Å². The summed E-state index contributed by atoms with van der Waals surface area (Å²) in [7, 11) is 4.16. The smallest absolute Gasteiger partial charge is 0.252 e. The molecule has 2 saturated heterocycles. The predicted octanol–water partition coefficient (Wildman–Crippen LogP) is 4.25. The Balaban J connectivity index is 1.01. The number of amides is 1. The number of hydrogen-bond acceptors (Lipinski definition) is 9. The van der Waals surface area contributed by atoms with Crippen molar-refractivity contribution in [2.24, 2.45) is 0 Å². The molecule has 5 heterocycles. The molecule has 1 saturated carbocycles. The molecule has 0 radical (unpaired) electrons. The van der Waals surface area contributed by atoms with Crippen molar-refractivity contribution in [2.45, 2.75) is 76.0 Å². The Morgan fingerprint density at radius 1 is 1.00 bits per heavy atom. The zero-order valence-corrected chi connectivity index (χ0v) is 27.1. The Bertz CT molecular complexity index is 1950. The average molecular weight is 637 g/mol. The number of fused-ring (bicyclic) bond motifs is 3. The van der Waals surface area contributed by atoms with Gasteiger partial charge in [-0.3, -0.25) is 9.36 Å². The summed E-state index contributed by atoms with van der Waals surface area (Å²) < 4.78 is 22.9. The number of rotatable bonds is 10. The Hall–Kier alpha value is -4.52. The van der Waals surface area contributed by atoms with Crippen LogP contribution in [0.25, 0.3) is 22.1 Å². The Labute approximate surface area is 273 Å². The highest BCUT2D eigenvalue weighted by molar-refractivity contribution is 5.85. The largest absolute Gasteiger partial charge is 0.377 e. The standard InChI is InChI=1S/C35H40N8O4/c1-35(2)46-28-29(33(44)40-23-13-14-23)45-34(30(28)47-35)43-20-39-27-31(37-19-38-32(27)43)36-16-15-21-17-42(26-12-8-6-10-24(21)26)18-22-9-5-7-11-25(22)41(3)4/h5-12,17,19-20,23,28-30,34H,13-16,18H2,1-4H3,(H,40,44)(H,36,37,38)/t28-,29+,30-,34-/m1/s1. The summed E-state index contributed by atoms with van der Waals surface area (Å²) in [4.78, 5) is 29.0. The van der Waals surface area contributed by atoms with Crippen LogP contribution in [0.5, 0.6) is 0 Å². The number of hydrogen-bond donors (Lipinski definition) is 2. The number of para-hydroxylation sites is 2. The van der Waals surface area contributed by atoms with Gasteiger partial charge in [0.05, 0.1) is 6.33 Å². The van der Waals surface area contributed by atoms with Gasteiger partial charge in [-0.25, -0.2) is 15.0 Å². The van der Waals surface area contributed by atoms with Crippen LogP contribution in [0, 0.1) is 0 Å². The quantitative estimate of drug-likeness (QED) is 0.232. The van der Waals surface area contributed by atoms with Crippen LogP contribution in [0.15, 0.2) is 67.4 Å². The van der Waals surface area contributed by atoms with Crippen LogP contribution < -0.4 is 15.5 Å². The van der Waals surface area contributed by atoms with Crippen LogP contribution >= 0.6 is 0 Å². The lowest BCUT2D eigenvalue weighted by Gasteiger charge is -2.24. The van der Waals surface area contributed by atoms with E-state index >= 15 is 0 Å². The van der Waals surface area contributed by atoms with Crippen LogP contribution in [-0.4, -0.2) is 80.8 Å². The molecule has 3 aliphatic rings. The molecule has 0 bridgehead atoms. The first-order valence-electron chi connectivity index (χ1n) is 16.3. The Morgan fingerprint density at radius 2 is 1.79 bits per heavy atom. The highest BCUT2D eigenvalue weighted by Gasteiger charge is 2.58. The SMILES string of the molecule is CN(C)c1ccccc1Cn1cc(CCNc2ncnc3c2ncn3[C@@H]2O[C@H](C(=O)NC3CC3)[C@H]3OC(C)(C)O[C@H]32)c2ccccc21. The molecule has 3 aromatic heterocycles. The zero-order chi connectivity index (χ0) is 32.3. The van der Waals surface area contributed by atoms with Gasteiger partial charge >= 0.3 is 0 Å². The molecule has 0 spiro atoms. The van der Waals surface area contributed by atoms with Crippen molar-refractivity contribution in [3.63, 3.8) is 0 Å². The number of carbonyl (C=O) groups is 1. The van der Waals surface area contributed by atoms with Gasteiger partial charge in [0.1, 0.15) is 18.5 Å². The van der Waals surface area contributed by atoms with Crippen LogP contribution in [0.4, 0.5) is 11.5 Å². The lowest BCUT2D eigenvalue weighted by Crippen LogP contribution is -2.43. The molecule has 4 atom stereocenters. The van der Waals surface area contributed by atoms with Crippen LogP contribution in [0.2, 0.25) is 0 Å². The summed E-state index contributed by atoms with van der Waals surface area (Å²) in [6.07, 6.45) is 5.79. The predicted molar refractivity (Wildman–Crippen MR) is 178 cm³/mol. The maximum absolute atomic E-state index is 13.1. The number of nitrogens with zero attached hydrogens (tertiary/aromatic N) is 6. The molecule has 0 unspecified atom stereocenters. The van der Waals surface area contributed by atoms with Gasteiger partial charge in [0, 0.05) is 56.0 Å². The number of aromatic nitrogens is 5. The van der Waals surface area contributed by atoms with Crippen molar-refractivity contribution in [1.82, 2.24) is 29.4 Å². The topological polar surface area (TPSA) is 121 Å². The molecule has 244 valence electrons. The molecule has 8 rings (SSSR count). The van der Waals surface area contributed by atoms with Crippen LogP contribution in [0.3, 0.4) is 0 Å². The summed E-state index contributed by atoms with van der Waals surface area (Å²) in [5, 5.41) is 7.79. The molecular formula is C35H40N8O4. The molecule has 2 aliphatic heterocycles. The van der Waals surface area contributed by atoms with E-state index in [1.54, 1.807) is 6.33 Å². The lowest BCUT2D eigenvalue weighted by molar-refractivity contribution is -0.197. The van der Waals surface area contributed by atoms with Gasteiger partial charge in [-0.05, 0) is 56.4 Å². The van der Waals surface area contributed by atoms with E-state index in [9.17, 15) is 4.79 Å². The van der Waals surface area contributed by atoms with Gasteiger partial charge in [0.15, 0.2) is 35.1 Å². The molecule has 2 aromatic carbocycles. The number of anilines is 2. The highest BCUT2D eigenvalue weighted by Crippen LogP contribution is 2.44. The number of benzene rings is 2. The third kappa shape index (κ3) is 5.60. The molecule has 5 aromatic rings. The lowest BCUT2D eigenvalue weighted by atomic mass is 10.1. The minimum absolute atomic E-state index is 0.170. The second kappa shape index (κ2) is 11.6. The van der Waals surface area contributed by atoms with E-state index in [-0.39, 0.29) is 11.9 Å². The monoisotopic (exact) mass is 636 g/mol. The van der Waals surface area contributed by atoms with Gasteiger partial charge in [0.2, 0.25) is 0 Å². The Kier molecular flexibility index (Phi) is 7.38. The number of carbonyl (C=O) groups excluding carboxylic acids is 1. The molecule has 3 fully saturated rings. The summed E-state index contributed by atoms with van der Waals surface area (Å²) in [6.45, 7) is 5.15. The second-order valence-electron chi connectivity index (χ2n) is 13.3. The fourth-order valence-electron chi connectivity index (χ4n) is 6.92. The fourth-order valence-corrected chi connectivity index (χ4v) is 6.92. The summed E-state index contributed by atoms with van der Waals surface area (Å²) in [5.74, 6) is -0.373. The third-order valence-electron chi connectivity index (χ3n) is 9.22. The van der Waals surface area contributed by atoms with E-state index in [1.807, 2.05) is 18.4 Å². The van der Waals surface area contributed by atoms with Crippen LogP contribution in [0.1, 0.15) is 44.0 Å². The van der Waals surface area contributed by atoms with E-state index in [1.165, 1.54) is 34.0 Å². The van der Waals surface area contributed by atoms with E-state index in [0.717, 1.165) is 25.8 Å². The first kappa shape index (κ1) is 29.9. The highest BCUT2D eigenvalue weighted by atomic mass is 16.8. The molecule has 1 aliphatic carbocycles. The number of imidazole rings is 1. The van der Waals surface area contributed by atoms with Gasteiger partial charge in [0.25, 0.3) is 5.91 Å². The minimum Gasteiger partial charge on any atom is -0.377 e. The molecular weight excluding hydrogens is 596 g/mol. The van der Waals surface area contributed by atoms with Gasteiger partial charge < -0.3 is 34.3 Å². The molecule has 47 heavy (non-hydrogen) atoms. The van der Waals surface area contributed by atoms with Crippen molar-refractivity contribution >= 4 is 39.5 Å². The molecule has 12 nitrogen and oxygen atoms in total. The first-order valence-corrected chi connectivity index (χ1v) is 16.3. The van der Waals surface area contributed by atoms with Gasteiger partial charge in [-0.2, -0.15) is 0 Å². The Morgan fingerprint density at radius 3 is 2.62 bits per heavy atom. The summed E-state index contributed by atoms with van der Waals surface area (Å²) in [5.41, 5.74) is 6.17. The molecule has 2 N–H and O–H groups in total. The van der Waals surface area contributed by atoms with Crippen LogP contribution in [-0.2, 0) is 32.0 Å². The minimum atomic E-state index is -0.841. The maximum atomic E-state index is 13.1. The number of nitrogens with one attached hydrogen (secondary N) is 2. The number of ether oxygens (including phenoxy) is 3. The van der Waals surface area contributed by atoms with Gasteiger partial charge in [-0.1, -0.05) is 36.4 Å². The van der Waals surface area contributed by atoms with Crippen molar-refractivity contribution in [1.29, 1.82) is 0 Å². The summed E-state index contributed by atoms with van der Waals surface area (Å²) in [6, 6.07) is 17.3. The van der Waals surface area contributed by atoms with Gasteiger partial charge in [-0.15, -0.1) is 0 Å². The normalized spacial score (nSPS) is 23.3.